The van der Waals surface area contributed by atoms with Gasteiger partial charge in [-0.05, 0) is 61.2 Å². The van der Waals surface area contributed by atoms with Crippen molar-refractivity contribution >= 4 is 23.2 Å². The van der Waals surface area contributed by atoms with E-state index in [-0.39, 0.29) is 5.91 Å². The molecule has 0 spiro atoms. The maximum atomic E-state index is 11.9. The van der Waals surface area contributed by atoms with Crippen molar-refractivity contribution in [2.45, 2.75) is 39.0 Å². The Balaban J connectivity index is 1.66. The van der Waals surface area contributed by atoms with Crippen LogP contribution in [0.2, 0.25) is 5.02 Å². The van der Waals surface area contributed by atoms with Gasteiger partial charge in [-0.1, -0.05) is 37.1 Å². The number of hydrogen-bond acceptors (Lipinski definition) is 2. The molecule has 0 aliphatic rings. The van der Waals surface area contributed by atoms with Gasteiger partial charge in [-0.2, -0.15) is 0 Å². The van der Waals surface area contributed by atoms with Crippen molar-refractivity contribution in [3.05, 3.63) is 59.1 Å². The molecule has 0 radical (unpaired) electrons. The zero-order valence-electron chi connectivity index (χ0n) is 14.1. The van der Waals surface area contributed by atoms with Crippen LogP contribution in [0.5, 0.6) is 5.75 Å². The summed E-state index contributed by atoms with van der Waals surface area (Å²) >= 11 is 5.82. The van der Waals surface area contributed by atoms with Gasteiger partial charge >= 0.3 is 0 Å². The van der Waals surface area contributed by atoms with E-state index in [1.165, 1.54) is 18.4 Å². The number of amides is 1. The predicted molar refractivity (Wildman–Crippen MR) is 99.9 cm³/mol. The fourth-order valence-corrected chi connectivity index (χ4v) is 2.44. The van der Waals surface area contributed by atoms with Crippen molar-refractivity contribution in [2.75, 3.05) is 11.9 Å². The third kappa shape index (κ3) is 6.63. The van der Waals surface area contributed by atoms with Crippen molar-refractivity contribution in [3.8, 4) is 5.75 Å². The number of unbranched alkanes of at least 4 members (excludes halogenated alkanes) is 1. The highest BCUT2D eigenvalue weighted by Crippen LogP contribution is 2.16. The number of carbonyl (C=O) groups excluding carboxylic acids is 1. The summed E-state index contributed by atoms with van der Waals surface area (Å²) in [6, 6.07) is 15.3. The van der Waals surface area contributed by atoms with Gasteiger partial charge in [-0.25, -0.2) is 0 Å². The number of ether oxygens (including phenoxy) is 1. The molecule has 0 saturated carbocycles. The zero-order valence-corrected chi connectivity index (χ0v) is 14.8. The van der Waals surface area contributed by atoms with Crippen LogP contribution in [0.4, 0.5) is 5.69 Å². The summed E-state index contributed by atoms with van der Waals surface area (Å²) in [5.41, 5.74) is 2.16. The lowest BCUT2D eigenvalue weighted by Gasteiger charge is -2.08. The Kier molecular flexibility index (Phi) is 7.63. The van der Waals surface area contributed by atoms with Gasteiger partial charge in [0.2, 0.25) is 5.91 Å². The first kappa shape index (κ1) is 18.3. The summed E-state index contributed by atoms with van der Waals surface area (Å²) in [5, 5.41) is 3.60. The van der Waals surface area contributed by atoms with Crippen LogP contribution in [0.1, 0.15) is 38.2 Å². The second kappa shape index (κ2) is 9.99. The lowest BCUT2D eigenvalue weighted by atomic mass is 10.1. The summed E-state index contributed by atoms with van der Waals surface area (Å²) in [6.45, 7) is 2.69. The number of anilines is 1. The van der Waals surface area contributed by atoms with Crippen LogP contribution in [0, 0.1) is 0 Å². The van der Waals surface area contributed by atoms with Gasteiger partial charge in [0, 0.05) is 17.1 Å². The molecule has 0 aliphatic heterocycles. The number of halogens is 1. The van der Waals surface area contributed by atoms with Gasteiger partial charge in [-0.15, -0.1) is 0 Å². The first-order chi connectivity index (χ1) is 11.7. The number of carbonyl (C=O) groups is 1. The highest BCUT2D eigenvalue weighted by molar-refractivity contribution is 6.30. The Hall–Kier alpha value is -2.00. The van der Waals surface area contributed by atoms with Gasteiger partial charge in [0.25, 0.3) is 0 Å². The van der Waals surface area contributed by atoms with E-state index in [1.54, 1.807) is 12.1 Å². The molecule has 0 unspecified atom stereocenters. The molecule has 0 aromatic heterocycles. The van der Waals surface area contributed by atoms with E-state index in [0.29, 0.717) is 24.5 Å². The van der Waals surface area contributed by atoms with Crippen LogP contribution in [0.3, 0.4) is 0 Å². The molecule has 1 amide bonds. The SMILES string of the molecule is CCCCc1ccc(NC(=O)CCCOc2ccc(Cl)cc2)cc1. The van der Waals surface area contributed by atoms with Crippen LogP contribution in [-0.2, 0) is 11.2 Å². The molecule has 0 bridgehead atoms. The quantitative estimate of drug-likeness (QED) is 0.611. The molecule has 0 fully saturated rings. The van der Waals surface area contributed by atoms with E-state index < -0.39 is 0 Å². The Labute approximate surface area is 149 Å². The molecular weight excluding hydrogens is 322 g/mol. The second-order valence-corrected chi connectivity index (χ2v) is 6.19. The maximum Gasteiger partial charge on any atom is 0.224 e. The number of nitrogens with one attached hydrogen (secondary N) is 1. The van der Waals surface area contributed by atoms with Gasteiger partial charge in [0.05, 0.1) is 6.61 Å². The molecule has 128 valence electrons. The first-order valence-corrected chi connectivity index (χ1v) is 8.82. The molecule has 0 saturated heterocycles. The summed E-state index contributed by atoms with van der Waals surface area (Å²) in [7, 11) is 0. The van der Waals surface area contributed by atoms with Crippen LogP contribution in [0.25, 0.3) is 0 Å². The molecule has 2 aromatic carbocycles. The first-order valence-electron chi connectivity index (χ1n) is 8.44. The Bertz CT molecular complexity index is 623. The minimum Gasteiger partial charge on any atom is -0.494 e. The summed E-state index contributed by atoms with van der Waals surface area (Å²) < 4.78 is 5.58. The van der Waals surface area contributed by atoms with E-state index in [2.05, 4.69) is 24.4 Å². The summed E-state index contributed by atoms with van der Waals surface area (Å²) in [6.07, 6.45) is 4.58. The molecule has 0 aliphatic carbocycles. The van der Waals surface area contributed by atoms with E-state index in [0.717, 1.165) is 17.9 Å². The fraction of sp³-hybridized carbons (Fsp3) is 0.350. The third-order valence-corrected chi connectivity index (χ3v) is 3.94. The van der Waals surface area contributed by atoms with Crippen molar-refractivity contribution < 1.29 is 9.53 Å². The van der Waals surface area contributed by atoms with Crippen LogP contribution >= 0.6 is 11.6 Å². The largest absolute Gasteiger partial charge is 0.494 e. The second-order valence-electron chi connectivity index (χ2n) is 5.75. The van der Waals surface area contributed by atoms with Crippen LogP contribution in [-0.4, -0.2) is 12.5 Å². The third-order valence-electron chi connectivity index (χ3n) is 3.69. The molecule has 24 heavy (non-hydrogen) atoms. The Morgan fingerprint density at radius 3 is 2.42 bits per heavy atom. The van der Waals surface area contributed by atoms with Crippen molar-refractivity contribution in [1.29, 1.82) is 0 Å². The lowest BCUT2D eigenvalue weighted by Crippen LogP contribution is -2.12. The highest BCUT2D eigenvalue weighted by Gasteiger charge is 2.03. The topological polar surface area (TPSA) is 38.3 Å². The van der Waals surface area contributed by atoms with Gasteiger partial charge in [-0.3, -0.25) is 4.79 Å². The van der Waals surface area contributed by atoms with E-state index in [9.17, 15) is 4.79 Å². The molecule has 3 nitrogen and oxygen atoms in total. The normalized spacial score (nSPS) is 10.4. The standard InChI is InChI=1S/C20H24ClNO2/c1-2-3-5-16-7-11-18(12-8-16)22-20(23)6-4-15-24-19-13-9-17(21)10-14-19/h7-14H,2-6,15H2,1H3,(H,22,23). The molecular formula is C20H24ClNO2. The van der Waals surface area contributed by atoms with Crippen LogP contribution in [0.15, 0.2) is 48.5 Å². The minimum atomic E-state index is 0.0102. The van der Waals surface area contributed by atoms with Crippen molar-refractivity contribution in [2.24, 2.45) is 0 Å². The number of benzene rings is 2. The molecule has 1 N–H and O–H groups in total. The smallest absolute Gasteiger partial charge is 0.224 e. The number of aryl methyl sites for hydroxylation is 1. The number of rotatable bonds is 9. The van der Waals surface area contributed by atoms with E-state index in [1.807, 2.05) is 24.3 Å². The van der Waals surface area contributed by atoms with E-state index in [4.69, 9.17) is 16.3 Å². The lowest BCUT2D eigenvalue weighted by molar-refractivity contribution is -0.116. The van der Waals surface area contributed by atoms with Crippen molar-refractivity contribution in [1.82, 2.24) is 0 Å². The molecule has 2 aromatic rings. The summed E-state index contributed by atoms with van der Waals surface area (Å²) in [4.78, 5) is 11.9. The van der Waals surface area contributed by atoms with Gasteiger partial charge in [0.1, 0.15) is 5.75 Å². The fourth-order valence-electron chi connectivity index (χ4n) is 2.31. The monoisotopic (exact) mass is 345 g/mol. The average molecular weight is 346 g/mol. The van der Waals surface area contributed by atoms with Gasteiger partial charge < -0.3 is 10.1 Å². The van der Waals surface area contributed by atoms with Crippen LogP contribution < -0.4 is 10.1 Å². The van der Waals surface area contributed by atoms with Gasteiger partial charge in [0.15, 0.2) is 0 Å². The molecule has 0 atom stereocenters. The Morgan fingerprint density at radius 2 is 1.75 bits per heavy atom. The molecule has 4 heteroatoms. The summed E-state index contributed by atoms with van der Waals surface area (Å²) in [5.74, 6) is 0.776. The molecule has 0 heterocycles. The predicted octanol–water partition coefficient (Wildman–Crippen LogP) is 5.48. The average Bonchev–Trinajstić information content (AvgIpc) is 2.60. The maximum absolute atomic E-state index is 11.9. The number of hydrogen-bond donors (Lipinski definition) is 1. The van der Waals surface area contributed by atoms with Crippen molar-refractivity contribution in [3.63, 3.8) is 0 Å². The zero-order chi connectivity index (χ0) is 17.2. The molecule has 2 rings (SSSR count). The highest BCUT2D eigenvalue weighted by atomic mass is 35.5. The Morgan fingerprint density at radius 1 is 1.04 bits per heavy atom. The van der Waals surface area contributed by atoms with E-state index >= 15 is 0 Å². The minimum absolute atomic E-state index is 0.0102.